The van der Waals surface area contributed by atoms with Crippen molar-refractivity contribution in [3.05, 3.63) is 23.7 Å². The van der Waals surface area contributed by atoms with Crippen LogP contribution in [0.1, 0.15) is 24.9 Å². The lowest BCUT2D eigenvalue weighted by atomic mass is 10.1. The molecule has 72 valence electrons. The molecule has 0 saturated carbocycles. The van der Waals surface area contributed by atoms with Crippen molar-refractivity contribution in [3.63, 3.8) is 0 Å². The van der Waals surface area contributed by atoms with Crippen molar-refractivity contribution < 1.29 is 14.3 Å². The van der Waals surface area contributed by atoms with Gasteiger partial charge >= 0.3 is 5.97 Å². The van der Waals surface area contributed by atoms with E-state index in [0.29, 0.717) is 12.8 Å². The summed E-state index contributed by atoms with van der Waals surface area (Å²) < 4.78 is 5.32. The molecule has 1 N–H and O–H groups in total. The minimum absolute atomic E-state index is 0.301. The summed E-state index contributed by atoms with van der Waals surface area (Å²) in [5.41, 5.74) is 0. The Bertz CT molecular complexity index is 288. The van der Waals surface area contributed by atoms with Crippen LogP contribution in [-0.4, -0.2) is 11.1 Å². The predicted molar refractivity (Wildman–Crippen MR) is 48.6 cm³/mol. The highest BCUT2D eigenvalue weighted by Gasteiger charge is 2.11. The number of carbonyl (C=O) groups is 1. The molecule has 0 radical (unpaired) electrons. The van der Waals surface area contributed by atoms with Crippen molar-refractivity contribution in [2.24, 2.45) is 5.92 Å². The average molecular weight is 182 g/mol. The highest BCUT2D eigenvalue weighted by Crippen LogP contribution is 2.12. The van der Waals surface area contributed by atoms with E-state index in [1.807, 2.05) is 19.1 Å². The molecule has 0 amide bonds. The highest BCUT2D eigenvalue weighted by molar-refractivity contribution is 5.69. The predicted octanol–water partition coefficient (Wildman–Crippen LogP) is 2.24. The van der Waals surface area contributed by atoms with Gasteiger partial charge in [0.15, 0.2) is 0 Å². The first-order valence-electron chi connectivity index (χ1n) is 4.37. The number of carboxylic acid groups (broad SMARTS) is 1. The van der Waals surface area contributed by atoms with Crippen LogP contribution in [0.4, 0.5) is 0 Å². The largest absolute Gasteiger partial charge is 0.481 e. The molecule has 3 heteroatoms. The third-order valence-electron chi connectivity index (χ3n) is 2.04. The normalized spacial score (nSPS) is 12.8. The first-order chi connectivity index (χ1) is 6.09. The van der Waals surface area contributed by atoms with Crippen molar-refractivity contribution in [1.29, 1.82) is 0 Å². The van der Waals surface area contributed by atoms with Gasteiger partial charge in [-0.25, -0.2) is 0 Å². The van der Waals surface area contributed by atoms with Crippen LogP contribution >= 0.6 is 0 Å². The van der Waals surface area contributed by atoms with Crippen molar-refractivity contribution in [2.75, 3.05) is 0 Å². The lowest BCUT2D eigenvalue weighted by Gasteiger charge is -2.02. The summed E-state index contributed by atoms with van der Waals surface area (Å²) in [5.74, 6) is 0.692. The molecule has 0 bridgehead atoms. The maximum Gasteiger partial charge on any atom is 0.306 e. The fourth-order valence-electron chi connectivity index (χ4n) is 1.10. The van der Waals surface area contributed by atoms with Crippen molar-refractivity contribution in [1.82, 2.24) is 0 Å². The van der Waals surface area contributed by atoms with E-state index in [4.69, 9.17) is 9.52 Å². The van der Waals surface area contributed by atoms with Crippen LogP contribution in [0.5, 0.6) is 0 Å². The number of hydrogen-bond donors (Lipinski definition) is 1. The molecule has 3 nitrogen and oxygen atoms in total. The summed E-state index contributed by atoms with van der Waals surface area (Å²) in [5, 5.41) is 8.63. The molecule has 0 aliphatic rings. The number of rotatable bonds is 4. The first-order valence-corrected chi connectivity index (χ1v) is 4.37. The van der Waals surface area contributed by atoms with Gasteiger partial charge in [-0.3, -0.25) is 4.79 Å². The molecule has 1 unspecified atom stereocenters. The molecule has 0 spiro atoms. The number of furan rings is 1. The Morgan fingerprint density at radius 1 is 1.62 bits per heavy atom. The minimum Gasteiger partial charge on any atom is -0.481 e. The first kappa shape index (κ1) is 9.84. The van der Waals surface area contributed by atoms with Crippen LogP contribution in [0, 0.1) is 12.8 Å². The zero-order chi connectivity index (χ0) is 9.84. The van der Waals surface area contributed by atoms with Crippen molar-refractivity contribution >= 4 is 5.97 Å². The van der Waals surface area contributed by atoms with Crippen molar-refractivity contribution in [2.45, 2.75) is 26.7 Å². The van der Waals surface area contributed by atoms with E-state index < -0.39 is 5.97 Å². The van der Waals surface area contributed by atoms with Crippen LogP contribution < -0.4 is 0 Å². The molecule has 0 aliphatic heterocycles. The topological polar surface area (TPSA) is 50.4 Å². The van der Waals surface area contributed by atoms with E-state index in [2.05, 4.69) is 0 Å². The molecule has 1 atom stereocenters. The average Bonchev–Trinajstić information content (AvgIpc) is 2.47. The zero-order valence-electron chi connectivity index (χ0n) is 7.91. The highest BCUT2D eigenvalue weighted by atomic mass is 16.4. The smallest absolute Gasteiger partial charge is 0.306 e. The second-order valence-corrected chi connectivity index (χ2v) is 3.29. The Morgan fingerprint density at radius 3 is 2.77 bits per heavy atom. The number of hydrogen-bond acceptors (Lipinski definition) is 2. The van der Waals surface area contributed by atoms with Crippen LogP contribution in [0.25, 0.3) is 0 Å². The molecule has 1 heterocycles. The van der Waals surface area contributed by atoms with Gasteiger partial charge in [-0.05, 0) is 25.5 Å². The molecule has 0 fully saturated rings. The zero-order valence-corrected chi connectivity index (χ0v) is 7.91. The van der Waals surface area contributed by atoms with Gasteiger partial charge < -0.3 is 9.52 Å². The second kappa shape index (κ2) is 4.12. The van der Waals surface area contributed by atoms with Gasteiger partial charge in [-0.2, -0.15) is 0 Å². The molecular formula is C10H14O3. The van der Waals surface area contributed by atoms with E-state index in [9.17, 15) is 4.79 Å². The quantitative estimate of drug-likeness (QED) is 0.776. The maximum absolute atomic E-state index is 10.5. The number of aryl methyl sites for hydroxylation is 2. The van der Waals surface area contributed by atoms with E-state index in [-0.39, 0.29) is 5.92 Å². The second-order valence-electron chi connectivity index (χ2n) is 3.29. The molecule has 1 aromatic heterocycles. The lowest BCUT2D eigenvalue weighted by Crippen LogP contribution is -2.09. The van der Waals surface area contributed by atoms with E-state index in [0.717, 1.165) is 11.5 Å². The summed E-state index contributed by atoms with van der Waals surface area (Å²) in [6, 6.07) is 3.78. The monoisotopic (exact) mass is 182 g/mol. The number of carboxylic acids is 1. The summed E-state index contributed by atoms with van der Waals surface area (Å²) in [6.45, 7) is 3.59. The Morgan fingerprint density at radius 2 is 2.31 bits per heavy atom. The third-order valence-corrected chi connectivity index (χ3v) is 2.04. The lowest BCUT2D eigenvalue weighted by molar-refractivity contribution is -0.141. The Balaban J connectivity index is 2.39. The minimum atomic E-state index is -0.747. The van der Waals surface area contributed by atoms with Crippen LogP contribution in [0.3, 0.4) is 0 Å². The summed E-state index contributed by atoms with van der Waals surface area (Å²) >= 11 is 0. The van der Waals surface area contributed by atoms with Gasteiger partial charge in [0, 0.05) is 6.42 Å². The molecule has 0 aliphatic carbocycles. The van der Waals surface area contributed by atoms with Gasteiger partial charge in [0.25, 0.3) is 0 Å². The summed E-state index contributed by atoms with van der Waals surface area (Å²) in [4.78, 5) is 10.5. The molecular weight excluding hydrogens is 168 g/mol. The van der Waals surface area contributed by atoms with Crippen LogP contribution in [0.15, 0.2) is 16.5 Å². The van der Waals surface area contributed by atoms with Crippen molar-refractivity contribution in [3.8, 4) is 0 Å². The standard InChI is InChI=1S/C10H14O3/c1-7(10(11)12)3-5-9-6-4-8(2)13-9/h4,6-7H,3,5H2,1-2H3,(H,11,12). The SMILES string of the molecule is Cc1ccc(CCC(C)C(=O)O)o1. The van der Waals surface area contributed by atoms with E-state index in [1.165, 1.54) is 0 Å². The van der Waals surface area contributed by atoms with Gasteiger partial charge in [0.05, 0.1) is 5.92 Å². The van der Waals surface area contributed by atoms with Crippen LogP contribution in [0.2, 0.25) is 0 Å². The molecule has 0 saturated heterocycles. The maximum atomic E-state index is 10.5. The van der Waals surface area contributed by atoms with Gasteiger partial charge in [-0.1, -0.05) is 6.92 Å². The summed E-state index contributed by atoms with van der Waals surface area (Å²) in [7, 11) is 0. The van der Waals surface area contributed by atoms with Gasteiger partial charge in [0.2, 0.25) is 0 Å². The summed E-state index contributed by atoms with van der Waals surface area (Å²) in [6.07, 6.45) is 1.32. The molecule has 13 heavy (non-hydrogen) atoms. The fourth-order valence-corrected chi connectivity index (χ4v) is 1.10. The van der Waals surface area contributed by atoms with E-state index in [1.54, 1.807) is 6.92 Å². The van der Waals surface area contributed by atoms with E-state index >= 15 is 0 Å². The number of aliphatic carboxylic acids is 1. The fraction of sp³-hybridized carbons (Fsp3) is 0.500. The Hall–Kier alpha value is -1.25. The van der Waals surface area contributed by atoms with Gasteiger partial charge in [0.1, 0.15) is 11.5 Å². The Labute approximate surface area is 77.4 Å². The Kier molecular flexibility index (Phi) is 3.12. The van der Waals surface area contributed by atoms with Crippen LogP contribution in [-0.2, 0) is 11.2 Å². The molecule has 1 rings (SSSR count). The molecule has 1 aromatic rings. The third kappa shape index (κ3) is 2.93. The molecule has 0 aromatic carbocycles. The van der Waals surface area contributed by atoms with Gasteiger partial charge in [-0.15, -0.1) is 0 Å².